The summed E-state index contributed by atoms with van der Waals surface area (Å²) in [5, 5.41) is 10.6. The molecule has 0 radical (unpaired) electrons. The van der Waals surface area contributed by atoms with Crippen LogP contribution in [0.4, 0.5) is 0 Å². The summed E-state index contributed by atoms with van der Waals surface area (Å²) >= 11 is 5.81. The lowest BCUT2D eigenvalue weighted by molar-refractivity contribution is 0.0197. The number of aromatic nitrogens is 2. The quantitative estimate of drug-likeness (QED) is 0.884. The third-order valence-corrected chi connectivity index (χ3v) is 3.67. The van der Waals surface area contributed by atoms with Gasteiger partial charge < -0.3 is 9.84 Å². The van der Waals surface area contributed by atoms with E-state index in [0.717, 1.165) is 5.56 Å². The Morgan fingerprint density at radius 3 is 2.68 bits per heavy atom. The first kappa shape index (κ1) is 16.7. The molecule has 0 fully saturated rings. The molecule has 1 aromatic carbocycles. The maximum Gasteiger partial charge on any atom is 0.256 e. The highest BCUT2D eigenvalue weighted by molar-refractivity contribution is 6.30. The fraction of sp³-hybridized carbons (Fsp3) is 0.375. The van der Waals surface area contributed by atoms with Crippen molar-refractivity contribution < 1.29 is 9.84 Å². The topological polar surface area (TPSA) is 64.3 Å². The van der Waals surface area contributed by atoms with Gasteiger partial charge in [-0.25, -0.2) is 4.98 Å². The Morgan fingerprint density at radius 2 is 2.00 bits per heavy atom. The monoisotopic (exact) mass is 322 g/mol. The number of aryl methyl sites for hydroxylation is 1. The third kappa shape index (κ3) is 4.40. The molecule has 2 rings (SSSR count). The zero-order chi connectivity index (χ0) is 16.1. The summed E-state index contributed by atoms with van der Waals surface area (Å²) in [6.45, 7) is 4.20. The van der Waals surface area contributed by atoms with Crippen molar-refractivity contribution in [3.8, 4) is 0 Å². The zero-order valence-electron chi connectivity index (χ0n) is 12.6. The van der Waals surface area contributed by atoms with Crippen LogP contribution in [0.3, 0.4) is 0 Å². The van der Waals surface area contributed by atoms with Crippen molar-refractivity contribution in [1.29, 1.82) is 0 Å². The predicted molar refractivity (Wildman–Crippen MR) is 85.1 cm³/mol. The summed E-state index contributed by atoms with van der Waals surface area (Å²) in [4.78, 5) is 16.1. The van der Waals surface area contributed by atoms with Crippen LogP contribution in [0, 0.1) is 13.8 Å². The summed E-state index contributed by atoms with van der Waals surface area (Å²) < 4.78 is 6.86. The van der Waals surface area contributed by atoms with Gasteiger partial charge in [-0.05, 0) is 31.5 Å². The normalized spacial score (nSPS) is 12.4. The van der Waals surface area contributed by atoms with Crippen LogP contribution in [0.15, 0.2) is 35.4 Å². The van der Waals surface area contributed by atoms with Crippen LogP contribution in [-0.2, 0) is 17.9 Å². The zero-order valence-corrected chi connectivity index (χ0v) is 13.4. The Balaban J connectivity index is 1.85. The van der Waals surface area contributed by atoms with E-state index >= 15 is 0 Å². The Kier molecular flexibility index (Phi) is 5.71. The number of benzene rings is 1. The van der Waals surface area contributed by atoms with Crippen molar-refractivity contribution in [2.24, 2.45) is 0 Å². The van der Waals surface area contributed by atoms with E-state index in [1.165, 1.54) is 10.9 Å². The number of ether oxygens (including phenoxy) is 1. The largest absolute Gasteiger partial charge is 0.389 e. The molecule has 0 saturated carbocycles. The van der Waals surface area contributed by atoms with Gasteiger partial charge in [-0.3, -0.25) is 9.36 Å². The average Bonchev–Trinajstić information content (AvgIpc) is 2.50. The number of hydrogen-bond acceptors (Lipinski definition) is 4. The maximum absolute atomic E-state index is 12.0. The van der Waals surface area contributed by atoms with Crippen LogP contribution in [-0.4, -0.2) is 27.4 Å². The van der Waals surface area contributed by atoms with Gasteiger partial charge in [0, 0.05) is 16.3 Å². The van der Waals surface area contributed by atoms with Gasteiger partial charge in [0.1, 0.15) is 0 Å². The van der Waals surface area contributed by atoms with Crippen LogP contribution < -0.4 is 5.56 Å². The molecule has 1 aromatic heterocycles. The molecule has 6 heteroatoms. The number of aliphatic hydroxyl groups excluding tert-OH is 1. The summed E-state index contributed by atoms with van der Waals surface area (Å²) in [6, 6.07) is 7.31. The average molecular weight is 323 g/mol. The van der Waals surface area contributed by atoms with E-state index in [2.05, 4.69) is 4.98 Å². The Labute approximate surface area is 134 Å². The van der Waals surface area contributed by atoms with Crippen molar-refractivity contribution >= 4 is 11.6 Å². The molecule has 22 heavy (non-hydrogen) atoms. The second kappa shape index (κ2) is 7.54. The van der Waals surface area contributed by atoms with Gasteiger partial charge in [0.15, 0.2) is 0 Å². The van der Waals surface area contributed by atoms with E-state index in [9.17, 15) is 9.90 Å². The minimum atomic E-state index is -0.770. The maximum atomic E-state index is 12.0. The lowest BCUT2D eigenvalue weighted by Gasteiger charge is -2.14. The smallest absolute Gasteiger partial charge is 0.256 e. The van der Waals surface area contributed by atoms with Crippen molar-refractivity contribution in [1.82, 2.24) is 9.55 Å². The highest BCUT2D eigenvalue weighted by Crippen LogP contribution is 2.10. The number of halogens is 1. The van der Waals surface area contributed by atoms with Gasteiger partial charge in [0.05, 0.1) is 32.2 Å². The molecule has 0 aliphatic carbocycles. The van der Waals surface area contributed by atoms with Gasteiger partial charge in [-0.2, -0.15) is 0 Å². The van der Waals surface area contributed by atoms with Crippen LogP contribution in [0.1, 0.15) is 16.8 Å². The Hall–Kier alpha value is -1.69. The van der Waals surface area contributed by atoms with E-state index in [1.807, 2.05) is 12.1 Å². The highest BCUT2D eigenvalue weighted by Gasteiger charge is 2.09. The number of nitrogens with zero attached hydrogens (tertiary/aromatic N) is 2. The van der Waals surface area contributed by atoms with Gasteiger partial charge in [-0.1, -0.05) is 23.7 Å². The molecule has 1 N–H and O–H groups in total. The molecule has 0 bridgehead atoms. The first-order valence-electron chi connectivity index (χ1n) is 7.00. The van der Waals surface area contributed by atoms with Crippen molar-refractivity contribution in [3.05, 3.63) is 62.8 Å². The predicted octanol–water partition coefficient (Wildman–Crippen LogP) is 2.09. The molecule has 0 aliphatic heterocycles. The lowest BCUT2D eigenvalue weighted by Crippen LogP contribution is -2.31. The van der Waals surface area contributed by atoms with E-state index in [4.69, 9.17) is 16.3 Å². The molecule has 118 valence electrons. The van der Waals surface area contributed by atoms with Gasteiger partial charge in [0.25, 0.3) is 5.56 Å². The van der Waals surface area contributed by atoms with E-state index in [1.54, 1.807) is 26.0 Å². The third-order valence-electron chi connectivity index (χ3n) is 3.41. The number of rotatable bonds is 6. The summed E-state index contributed by atoms with van der Waals surface area (Å²) in [5.74, 6) is 0. The molecule has 0 spiro atoms. The molecule has 1 heterocycles. The second-order valence-corrected chi connectivity index (χ2v) is 5.64. The molecular formula is C16H19ClN2O3. The molecule has 0 saturated heterocycles. The fourth-order valence-electron chi connectivity index (χ4n) is 1.98. The van der Waals surface area contributed by atoms with Gasteiger partial charge in [0.2, 0.25) is 0 Å². The number of aliphatic hydroxyl groups is 1. The standard InChI is InChI=1S/C16H19ClN2O3/c1-11-12(2)18-10-19(16(11)21)7-15(20)9-22-8-13-3-5-14(17)6-4-13/h3-6,10,15,20H,7-9H2,1-2H3/t15-/m0/s1. The minimum absolute atomic E-state index is 0.135. The Morgan fingerprint density at radius 1 is 1.32 bits per heavy atom. The summed E-state index contributed by atoms with van der Waals surface area (Å²) in [7, 11) is 0. The fourth-order valence-corrected chi connectivity index (χ4v) is 2.10. The molecule has 1 atom stereocenters. The molecule has 0 amide bonds. The number of hydrogen-bond donors (Lipinski definition) is 1. The van der Waals surface area contributed by atoms with Crippen LogP contribution in [0.5, 0.6) is 0 Å². The van der Waals surface area contributed by atoms with Crippen molar-refractivity contribution in [2.75, 3.05) is 6.61 Å². The molecule has 0 aliphatic rings. The van der Waals surface area contributed by atoms with E-state index in [0.29, 0.717) is 22.9 Å². The minimum Gasteiger partial charge on any atom is -0.389 e. The van der Waals surface area contributed by atoms with Crippen LogP contribution in [0.25, 0.3) is 0 Å². The molecule has 2 aromatic rings. The second-order valence-electron chi connectivity index (χ2n) is 5.21. The first-order valence-corrected chi connectivity index (χ1v) is 7.38. The van der Waals surface area contributed by atoms with Crippen LogP contribution in [0.2, 0.25) is 5.02 Å². The molecule has 5 nitrogen and oxygen atoms in total. The molecule has 0 unspecified atom stereocenters. The van der Waals surface area contributed by atoms with Crippen molar-refractivity contribution in [2.45, 2.75) is 33.1 Å². The highest BCUT2D eigenvalue weighted by atomic mass is 35.5. The van der Waals surface area contributed by atoms with Crippen LogP contribution >= 0.6 is 11.6 Å². The van der Waals surface area contributed by atoms with Crippen molar-refractivity contribution in [3.63, 3.8) is 0 Å². The molecular weight excluding hydrogens is 304 g/mol. The lowest BCUT2D eigenvalue weighted by atomic mass is 10.2. The van der Waals surface area contributed by atoms with Gasteiger partial charge >= 0.3 is 0 Å². The first-order chi connectivity index (χ1) is 10.5. The Bertz CT molecular complexity index is 683. The SMILES string of the molecule is Cc1ncn(C[C@H](O)COCc2ccc(Cl)cc2)c(=O)c1C. The van der Waals surface area contributed by atoms with Gasteiger partial charge in [-0.15, -0.1) is 0 Å². The van der Waals surface area contributed by atoms with E-state index < -0.39 is 6.10 Å². The summed E-state index contributed by atoms with van der Waals surface area (Å²) in [6.07, 6.45) is 0.682. The van der Waals surface area contributed by atoms with E-state index in [-0.39, 0.29) is 18.7 Å². The summed E-state index contributed by atoms with van der Waals surface area (Å²) in [5.41, 5.74) is 2.14.